The molecule has 0 aromatic rings. The first-order chi connectivity index (χ1) is 4.00. The molecule has 0 spiro atoms. The second kappa shape index (κ2) is 5.86. The van der Waals surface area contributed by atoms with E-state index in [2.05, 4.69) is 0 Å². The molecule has 42 valence electrons. The van der Waals surface area contributed by atoms with Gasteiger partial charge in [-0.15, -0.1) is 0 Å². The Balaban J connectivity index is 0.000000640. The van der Waals surface area contributed by atoms with E-state index in [0.29, 0.717) is 0 Å². The Kier molecular flexibility index (Phi) is 5.68. The van der Waals surface area contributed by atoms with Crippen LogP contribution in [-0.4, -0.2) is 23.1 Å². The van der Waals surface area contributed by atoms with Crippen LogP contribution >= 0.6 is 0 Å². The molecule has 0 aromatic carbocycles. The molecule has 1 aliphatic rings. The van der Waals surface area contributed by atoms with Crippen molar-refractivity contribution in [2.45, 2.75) is 0 Å². The summed E-state index contributed by atoms with van der Waals surface area (Å²) in [6, 6.07) is 0. The van der Waals surface area contributed by atoms with Crippen LogP contribution < -0.4 is 0 Å². The van der Waals surface area contributed by atoms with Crippen molar-refractivity contribution in [1.82, 2.24) is 0 Å². The first-order valence-corrected chi connectivity index (χ1v) is 2.67. The van der Waals surface area contributed by atoms with Gasteiger partial charge in [0.25, 0.3) is 0 Å². The van der Waals surface area contributed by atoms with E-state index < -0.39 is 0 Å². The Morgan fingerprint density at radius 1 is 0.333 bits per heavy atom. The third-order valence-corrected chi connectivity index (χ3v) is 0.889. The molecule has 0 saturated heterocycles. The Morgan fingerprint density at radius 2 is 0.444 bits per heavy atom. The number of allylic oxidation sites excluding steroid dienone is 8. The van der Waals surface area contributed by atoms with Crippen molar-refractivity contribution in [1.29, 1.82) is 0 Å². The summed E-state index contributed by atoms with van der Waals surface area (Å²) in [4.78, 5) is 0. The van der Waals surface area contributed by atoms with Gasteiger partial charge in [-0.25, -0.2) is 0 Å². The lowest BCUT2D eigenvalue weighted by Gasteiger charge is -1.77. The summed E-state index contributed by atoms with van der Waals surface area (Å²) >= 11 is 0. The van der Waals surface area contributed by atoms with E-state index in [-0.39, 0.29) is 23.1 Å². The minimum atomic E-state index is 0. The van der Waals surface area contributed by atoms with Crippen molar-refractivity contribution >= 4 is 23.1 Å². The van der Waals surface area contributed by atoms with E-state index in [9.17, 15) is 0 Å². The van der Waals surface area contributed by atoms with Crippen LogP contribution in [-0.2, 0) is 0 Å². The highest BCUT2D eigenvalue weighted by atomic mass is 24.3. The number of rotatable bonds is 0. The molecule has 0 fully saturated rings. The van der Waals surface area contributed by atoms with Gasteiger partial charge in [-0.1, -0.05) is 48.6 Å². The average molecular weight is 128 g/mol. The maximum absolute atomic E-state index is 2.00. The van der Waals surface area contributed by atoms with Gasteiger partial charge in [0.15, 0.2) is 0 Å². The molecule has 1 aliphatic carbocycles. The highest BCUT2D eigenvalue weighted by Crippen LogP contribution is 1.87. The Hall–Kier alpha value is -0.274. The molecule has 0 bridgehead atoms. The van der Waals surface area contributed by atoms with E-state index in [0.717, 1.165) is 0 Å². The zero-order valence-corrected chi connectivity index (χ0v) is 6.74. The van der Waals surface area contributed by atoms with E-state index >= 15 is 0 Å². The van der Waals surface area contributed by atoms with Crippen molar-refractivity contribution < 1.29 is 0 Å². The van der Waals surface area contributed by atoms with E-state index in [1.165, 1.54) is 0 Å². The molecule has 0 atom stereocenters. The predicted molar refractivity (Wildman–Crippen MR) is 42.3 cm³/mol. The third kappa shape index (κ3) is 4.24. The first-order valence-electron chi connectivity index (χ1n) is 2.67. The van der Waals surface area contributed by atoms with Gasteiger partial charge in [-0.05, 0) is 0 Å². The summed E-state index contributed by atoms with van der Waals surface area (Å²) in [6.07, 6.45) is 16.0. The molecular formula is C8H8Mg. The van der Waals surface area contributed by atoms with Crippen LogP contribution in [0.15, 0.2) is 48.6 Å². The van der Waals surface area contributed by atoms with Crippen LogP contribution in [0.2, 0.25) is 0 Å². The van der Waals surface area contributed by atoms with Gasteiger partial charge in [0.05, 0.1) is 0 Å². The van der Waals surface area contributed by atoms with Crippen molar-refractivity contribution in [3.8, 4) is 0 Å². The van der Waals surface area contributed by atoms with Crippen molar-refractivity contribution in [3.05, 3.63) is 48.6 Å². The fraction of sp³-hybridized carbons (Fsp3) is 0. The van der Waals surface area contributed by atoms with Gasteiger partial charge in [-0.2, -0.15) is 0 Å². The Bertz CT molecular complexity index is 105. The molecule has 0 heterocycles. The minimum Gasteiger partial charge on any atom is -0.0623 e. The molecule has 2 radical (unpaired) electrons. The molecular weight excluding hydrogens is 120 g/mol. The van der Waals surface area contributed by atoms with Crippen LogP contribution in [0.1, 0.15) is 0 Å². The van der Waals surface area contributed by atoms with E-state index in [1.54, 1.807) is 0 Å². The summed E-state index contributed by atoms with van der Waals surface area (Å²) in [5.41, 5.74) is 0. The SMILES string of the molecule is C1=CC=CC=CC=C1.[Mg]. The molecule has 0 unspecified atom stereocenters. The summed E-state index contributed by atoms with van der Waals surface area (Å²) in [7, 11) is 0. The predicted octanol–water partition coefficient (Wildman–Crippen LogP) is 1.84. The van der Waals surface area contributed by atoms with E-state index in [4.69, 9.17) is 0 Å². The second-order valence-corrected chi connectivity index (χ2v) is 1.54. The molecule has 1 rings (SSSR count). The minimum absolute atomic E-state index is 0. The molecule has 1 heteroatoms. The van der Waals surface area contributed by atoms with Crippen molar-refractivity contribution in [3.63, 3.8) is 0 Å². The van der Waals surface area contributed by atoms with E-state index in [1.807, 2.05) is 48.6 Å². The summed E-state index contributed by atoms with van der Waals surface area (Å²) in [5, 5.41) is 0. The zero-order chi connectivity index (χ0) is 5.66. The zero-order valence-electron chi connectivity index (χ0n) is 5.33. The normalized spacial score (nSPS) is 14.2. The molecule has 0 saturated carbocycles. The summed E-state index contributed by atoms with van der Waals surface area (Å²) in [5.74, 6) is 0. The smallest absolute Gasteiger partial charge is 0 e. The van der Waals surface area contributed by atoms with Gasteiger partial charge in [0.1, 0.15) is 0 Å². The van der Waals surface area contributed by atoms with Crippen LogP contribution in [0.4, 0.5) is 0 Å². The Morgan fingerprint density at radius 3 is 0.556 bits per heavy atom. The third-order valence-electron chi connectivity index (χ3n) is 0.889. The highest BCUT2D eigenvalue weighted by Gasteiger charge is 1.65. The highest BCUT2D eigenvalue weighted by molar-refractivity contribution is 5.75. The van der Waals surface area contributed by atoms with Crippen LogP contribution in [0.3, 0.4) is 0 Å². The largest absolute Gasteiger partial charge is 0.0623 e. The van der Waals surface area contributed by atoms with Crippen LogP contribution in [0.25, 0.3) is 0 Å². The molecule has 0 nitrogen and oxygen atoms in total. The van der Waals surface area contributed by atoms with Gasteiger partial charge in [0, 0.05) is 23.1 Å². The lowest BCUT2D eigenvalue weighted by Crippen LogP contribution is -1.55. The van der Waals surface area contributed by atoms with Gasteiger partial charge in [0.2, 0.25) is 0 Å². The molecule has 9 heavy (non-hydrogen) atoms. The van der Waals surface area contributed by atoms with Gasteiger partial charge < -0.3 is 0 Å². The fourth-order valence-electron chi connectivity index (χ4n) is 0.513. The maximum Gasteiger partial charge on any atom is 0 e. The molecule has 0 amide bonds. The lowest BCUT2D eigenvalue weighted by molar-refractivity contribution is 1.81. The quantitative estimate of drug-likeness (QED) is 0.437. The van der Waals surface area contributed by atoms with Crippen molar-refractivity contribution in [2.24, 2.45) is 0 Å². The second-order valence-electron chi connectivity index (χ2n) is 1.54. The standard InChI is InChI=1S/C8H8.Mg/c1-2-4-6-8-7-5-3-1;/h1-8H;. The number of hydrogen-bond acceptors (Lipinski definition) is 0. The summed E-state index contributed by atoms with van der Waals surface area (Å²) < 4.78 is 0. The molecule has 0 aromatic heterocycles. The molecule has 0 N–H and O–H groups in total. The van der Waals surface area contributed by atoms with Crippen molar-refractivity contribution in [2.75, 3.05) is 0 Å². The van der Waals surface area contributed by atoms with Crippen LogP contribution in [0, 0.1) is 0 Å². The van der Waals surface area contributed by atoms with Crippen LogP contribution in [0.5, 0.6) is 0 Å². The monoisotopic (exact) mass is 128 g/mol. The molecule has 0 aliphatic heterocycles. The van der Waals surface area contributed by atoms with Gasteiger partial charge >= 0.3 is 0 Å². The first kappa shape index (κ1) is 8.73. The fourth-order valence-corrected chi connectivity index (χ4v) is 0.513. The summed E-state index contributed by atoms with van der Waals surface area (Å²) in [6.45, 7) is 0. The maximum atomic E-state index is 2.00. The lowest BCUT2D eigenvalue weighted by atomic mass is 10.3. The average Bonchev–Trinajstić information content (AvgIpc) is 1.62. The van der Waals surface area contributed by atoms with Gasteiger partial charge in [-0.3, -0.25) is 0 Å². The Labute approximate surface area is 71.8 Å². The number of hydrogen-bond donors (Lipinski definition) is 0. The topological polar surface area (TPSA) is 0 Å².